The smallest absolute Gasteiger partial charge is 0.404 e. The molecule has 0 radical (unpaired) electrons. The molecule has 168 valence electrons. The summed E-state index contributed by atoms with van der Waals surface area (Å²) in [5.41, 5.74) is 2.19. The normalized spacial score (nSPS) is 16.1. The third kappa shape index (κ3) is 4.48. The lowest BCUT2D eigenvalue weighted by Gasteiger charge is -2.22. The van der Waals surface area contributed by atoms with E-state index >= 15 is 0 Å². The van der Waals surface area contributed by atoms with Crippen LogP contribution in [-0.4, -0.2) is 45.3 Å². The van der Waals surface area contributed by atoms with Gasteiger partial charge in [0, 0.05) is 49.3 Å². The third-order valence-corrected chi connectivity index (χ3v) is 6.06. The van der Waals surface area contributed by atoms with Crippen LogP contribution < -0.4 is 10.1 Å². The summed E-state index contributed by atoms with van der Waals surface area (Å²) >= 11 is 12.9. The van der Waals surface area contributed by atoms with Gasteiger partial charge in [-0.15, -0.1) is 0 Å². The van der Waals surface area contributed by atoms with Gasteiger partial charge < -0.3 is 24.5 Å². The minimum atomic E-state index is -1.11. The topological polar surface area (TPSA) is 114 Å². The molecule has 11 heteroatoms. The number of carboxylic acid groups (broad SMARTS) is 1. The van der Waals surface area contributed by atoms with Crippen LogP contribution in [-0.2, 0) is 11.3 Å². The van der Waals surface area contributed by atoms with Crippen molar-refractivity contribution in [1.29, 1.82) is 5.26 Å². The van der Waals surface area contributed by atoms with Gasteiger partial charge in [0.1, 0.15) is 18.0 Å². The molecule has 1 aliphatic heterocycles. The van der Waals surface area contributed by atoms with Crippen LogP contribution in [0.4, 0.5) is 4.79 Å². The minimum absolute atomic E-state index is 0.113. The Labute approximate surface area is 194 Å². The van der Waals surface area contributed by atoms with Crippen molar-refractivity contribution in [3.63, 3.8) is 0 Å². The van der Waals surface area contributed by atoms with Gasteiger partial charge in [-0.25, -0.2) is 9.48 Å². The van der Waals surface area contributed by atoms with E-state index in [0.717, 1.165) is 30.4 Å². The summed E-state index contributed by atoms with van der Waals surface area (Å²) in [6, 6.07) is 3.55. The molecule has 32 heavy (non-hydrogen) atoms. The van der Waals surface area contributed by atoms with Crippen LogP contribution in [0.5, 0.6) is 5.75 Å². The van der Waals surface area contributed by atoms with Crippen LogP contribution in [0.3, 0.4) is 0 Å². The first kappa shape index (κ1) is 22.3. The monoisotopic (exact) mass is 477 g/mol. The summed E-state index contributed by atoms with van der Waals surface area (Å²) in [4.78, 5) is 10.9. The highest BCUT2D eigenvalue weighted by atomic mass is 35.5. The molecule has 0 saturated carbocycles. The van der Waals surface area contributed by atoms with Crippen LogP contribution >= 0.6 is 23.2 Å². The maximum Gasteiger partial charge on any atom is 0.404 e. The third-order valence-electron chi connectivity index (χ3n) is 5.28. The van der Waals surface area contributed by atoms with Crippen LogP contribution in [0.25, 0.3) is 22.0 Å². The van der Waals surface area contributed by atoms with Crippen molar-refractivity contribution in [2.45, 2.75) is 32.0 Å². The van der Waals surface area contributed by atoms with Crippen molar-refractivity contribution in [1.82, 2.24) is 19.7 Å². The Balaban J connectivity index is 1.82. The molecule has 1 aromatic carbocycles. The first-order valence-corrected chi connectivity index (χ1v) is 10.9. The minimum Gasteiger partial charge on any atom is -0.478 e. The van der Waals surface area contributed by atoms with Gasteiger partial charge in [-0.2, -0.15) is 10.4 Å². The van der Waals surface area contributed by atoms with Gasteiger partial charge >= 0.3 is 6.09 Å². The van der Waals surface area contributed by atoms with Gasteiger partial charge in [0.25, 0.3) is 0 Å². The van der Waals surface area contributed by atoms with Crippen molar-refractivity contribution in [2.75, 3.05) is 19.8 Å². The van der Waals surface area contributed by atoms with E-state index in [-0.39, 0.29) is 24.4 Å². The molecule has 3 heterocycles. The molecule has 3 aromatic rings. The van der Waals surface area contributed by atoms with E-state index in [1.54, 1.807) is 16.9 Å². The zero-order valence-electron chi connectivity index (χ0n) is 17.1. The van der Waals surface area contributed by atoms with E-state index in [1.165, 1.54) is 0 Å². The summed E-state index contributed by atoms with van der Waals surface area (Å²) in [6.07, 6.45) is 7.29. The van der Waals surface area contributed by atoms with Crippen LogP contribution in [0.1, 0.15) is 25.5 Å². The highest BCUT2D eigenvalue weighted by Crippen LogP contribution is 2.44. The molecule has 1 aliphatic rings. The van der Waals surface area contributed by atoms with E-state index < -0.39 is 6.09 Å². The number of rotatable bonds is 7. The number of hydrogen-bond donors (Lipinski definition) is 2. The van der Waals surface area contributed by atoms with E-state index in [0.29, 0.717) is 34.8 Å². The summed E-state index contributed by atoms with van der Waals surface area (Å²) in [5, 5.41) is 26.0. The summed E-state index contributed by atoms with van der Waals surface area (Å²) in [5.74, 6) is 0.414. The van der Waals surface area contributed by atoms with Crippen molar-refractivity contribution in [2.24, 2.45) is 0 Å². The average Bonchev–Trinajstić information content (AvgIpc) is 3.41. The fraction of sp³-hybridized carbons (Fsp3) is 0.381. The molecule has 1 unspecified atom stereocenters. The number of amides is 1. The number of hydrogen-bond acceptors (Lipinski definition) is 5. The molecule has 2 N–H and O–H groups in total. The highest BCUT2D eigenvalue weighted by Gasteiger charge is 2.23. The van der Waals surface area contributed by atoms with E-state index in [9.17, 15) is 4.79 Å². The fourth-order valence-electron chi connectivity index (χ4n) is 3.87. The standard InChI is InChI=1S/C21H21Cl2N5O4/c22-15-9-16(31-8-4-24)18-14(12-27(20(18)19(15)23)6-5-25-21(29)30)13-10-26-28(11-13)17-3-1-2-7-32-17/h9-12,17,25H,1-3,5-8H2,(H,29,30). The maximum atomic E-state index is 10.9. The second-order valence-corrected chi connectivity index (χ2v) is 8.12. The molecule has 9 nitrogen and oxygen atoms in total. The molecule has 1 saturated heterocycles. The molecular weight excluding hydrogens is 457 g/mol. The van der Waals surface area contributed by atoms with Crippen molar-refractivity contribution < 1.29 is 19.4 Å². The lowest BCUT2D eigenvalue weighted by molar-refractivity contribution is -0.0394. The first-order valence-electron chi connectivity index (χ1n) is 10.1. The largest absolute Gasteiger partial charge is 0.478 e. The number of ether oxygens (including phenoxy) is 2. The first-order chi connectivity index (χ1) is 15.5. The van der Waals surface area contributed by atoms with Gasteiger partial charge in [0.15, 0.2) is 6.61 Å². The zero-order chi connectivity index (χ0) is 22.7. The predicted octanol–water partition coefficient (Wildman–Crippen LogP) is 4.68. The molecule has 1 amide bonds. The van der Waals surface area contributed by atoms with E-state index in [1.807, 2.05) is 23.0 Å². The fourth-order valence-corrected chi connectivity index (χ4v) is 4.32. The van der Waals surface area contributed by atoms with Gasteiger partial charge in [-0.05, 0) is 19.3 Å². The van der Waals surface area contributed by atoms with Crippen LogP contribution in [0.2, 0.25) is 10.0 Å². The molecular formula is C21H21Cl2N5O4. The van der Waals surface area contributed by atoms with Gasteiger partial charge in [0.05, 0.1) is 27.1 Å². The number of nitrogens with one attached hydrogen (secondary N) is 1. The Morgan fingerprint density at radius 3 is 2.97 bits per heavy atom. The van der Waals surface area contributed by atoms with Crippen molar-refractivity contribution >= 4 is 40.2 Å². The number of benzene rings is 1. The molecule has 0 aliphatic carbocycles. The summed E-state index contributed by atoms with van der Waals surface area (Å²) < 4.78 is 15.1. The number of halogens is 2. The Morgan fingerprint density at radius 1 is 1.41 bits per heavy atom. The van der Waals surface area contributed by atoms with Crippen molar-refractivity contribution in [3.05, 3.63) is 34.7 Å². The zero-order valence-corrected chi connectivity index (χ0v) is 18.6. The molecule has 1 atom stereocenters. The van der Waals surface area contributed by atoms with Gasteiger partial charge in [-0.1, -0.05) is 23.2 Å². The molecule has 1 fully saturated rings. The lowest BCUT2D eigenvalue weighted by atomic mass is 10.1. The Morgan fingerprint density at radius 2 is 2.25 bits per heavy atom. The van der Waals surface area contributed by atoms with E-state index in [2.05, 4.69) is 10.4 Å². The van der Waals surface area contributed by atoms with Crippen LogP contribution in [0, 0.1) is 11.3 Å². The predicted molar refractivity (Wildman–Crippen MR) is 119 cm³/mol. The van der Waals surface area contributed by atoms with Crippen LogP contribution in [0.15, 0.2) is 24.7 Å². The molecule has 0 spiro atoms. The molecule has 0 bridgehead atoms. The second kappa shape index (κ2) is 9.69. The summed E-state index contributed by atoms with van der Waals surface area (Å²) in [6.45, 7) is 1.04. The molecule has 2 aromatic heterocycles. The molecule has 4 rings (SSSR count). The Hall–Kier alpha value is -2.93. The number of nitrogens with zero attached hydrogens (tertiary/aromatic N) is 4. The number of fused-ring (bicyclic) bond motifs is 1. The van der Waals surface area contributed by atoms with Gasteiger partial charge in [0.2, 0.25) is 0 Å². The van der Waals surface area contributed by atoms with Crippen molar-refractivity contribution in [3.8, 4) is 22.9 Å². The SMILES string of the molecule is N#CCOc1cc(Cl)c(Cl)c2c1c(-c1cnn(C3CCCCO3)c1)cn2CCNC(=O)O. The lowest BCUT2D eigenvalue weighted by Crippen LogP contribution is -2.25. The number of nitriles is 1. The Kier molecular flexibility index (Phi) is 6.74. The number of aromatic nitrogens is 3. The van der Waals surface area contributed by atoms with Gasteiger partial charge in [-0.3, -0.25) is 0 Å². The Bertz CT molecular complexity index is 1180. The summed E-state index contributed by atoms with van der Waals surface area (Å²) in [7, 11) is 0. The highest BCUT2D eigenvalue weighted by molar-refractivity contribution is 6.45. The maximum absolute atomic E-state index is 10.9. The second-order valence-electron chi connectivity index (χ2n) is 7.34. The number of carbonyl (C=O) groups is 1. The quantitative estimate of drug-likeness (QED) is 0.510. The average molecular weight is 478 g/mol. The van der Waals surface area contributed by atoms with E-state index in [4.69, 9.17) is 43.0 Å².